The Bertz CT molecular complexity index is 458. The Morgan fingerprint density at radius 3 is 2.15 bits per heavy atom. The molecule has 0 aliphatic rings. The van der Waals surface area contributed by atoms with Crippen LogP contribution < -0.4 is 4.74 Å². The minimum absolute atomic E-state index is 0.0106. The van der Waals surface area contributed by atoms with E-state index in [4.69, 9.17) is 4.74 Å². The standard InChI is InChI=1S/C18H27O2/c1-7-17(3,4)14-9-10-16(20-12-11-19)15(13-14)18(5,6)8-2/h9-10,13H,7-8,12H2,1-6H3. The normalized spacial score (nSPS) is 12.3. The molecule has 0 heterocycles. The van der Waals surface area contributed by atoms with E-state index < -0.39 is 0 Å². The molecule has 1 rings (SSSR count). The molecule has 0 unspecified atom stereocenters. The van der Waals surface area contributed by atoms with Crippen LogP contribution in [0.25, 0.3) is 0 Å². The molecule has 1 aromatic carbocycles. The number of hydrogen-bond donors (Lipinski definition) is 0. The van der Waals surface area contributed by atoms with Gasteiger partial charge in [0.1, 0.15) is 5.75 Å². The second-order valence-corrected chi connectivity index (χ2v) is 6.62. The van der Waals surface area contributed by atoms with E-state index >= 15 is 0 Å². The van der Waals surface area contributed by atoms with E-state index in [1.165, 1.54) is 11.1 Å². The molecule has 2 nitrogen and oxygen atoms in total. The summed E-state index contributed by atoms with van der Waals surface area (Å²) in [6.07, 6.45) is 3.90. The molecule has 0 aliphatic carbocycles. The van der Waals surface area contributed by atoms with Crippen molar-refractivity contribution >= 4 is 6.29 Å². The summed E-state index contributed by atoms with van der Waals surface area (Å²) in [5.41, 5.74) is 2.67. The van der Waals surface area contributed by atoms with Gasteiger partial charge < -0.3 is 4.74 Å². The van der Waals surface area contributed by atoms with E-state index in [1.807, 2.05) is 6.07 Å². The van der Waals surface area contributed by atoms with Crippen LogP contribution in [0.5, 0.6) is 5.75 Å². The predicted octanol–water partition coefficient (Wildman–Crippen LogP) is 4.55. The number of benzene rings is 1. The molecule has 1 radical (unpaired) electrons. The molecular weight excluding hydrogens is 248 g/mol. The zero-order valence-corrected chi connectivity index (χ0v) is 13.7. The molecule has 2 heteroatoms. The fourth-order valence-corrected chi connectivity index (χ4v) is 2.11. The van der Waals surface area contributed by atoms with Gasteiger partial charge in [-0.15, -0.1) is 0 Å². The maximum absolute atomic E-state index is 10.4. The van der Waals surface area contributed by atoms with E-state index in [9.17, 15) is 4.79 Å². The molecular formula is C18H27O2. The third kappa shape index (κ3) is 3.62. The van der Waals surface area contributed by atoms with Crippen molar-refractivity contribution in [2.75, 3.05) is 6.61 Å². The fraction of sp³-hybridized carbons (Fsp3) is 0.611. The van der Waals surface area contributed by atoms with Crippen molar-refractivity contribution in [3.63, 3.8) is 0 Å². The van der Waals surface area contributed by atoms with Gasteiger partial charge in [-0.05, 0) is 35.3 Å². The van der Waals surface area contributed by atoms with Crippen LogP contribution >= 0.6 is 0 Å². The van der Waals surface area contributed by atoms with Crippen LogP contribution in [-0.4, -0.2) is 12.9 Å². The quantitative estimate of drug-likeness (QED) is 0.729. The van der Waals surface area contributed by atoms with Crippen molar-refractivity contribution in [1.82, 2.24) is 0 Å². The fourth-order valence-electron chi connectivity index (χ4n) is 2.11. The summed E-state index contributed by atoms with van der Waals surface area (Å²) < 4.78 is 5.55. The Kier molecular flexibility index (Phi) is 5.38. The van der Waals surface area contributed by atoms with Crippen LogP contribution in [0, 0.1) is 0 Å². The lowest BCUT2D eigenvalue weighted by Crippen LogP contribution is -2.21. The van der Waals surface area contributed by atoms with Gasteiger partial charge in [0, 0.05) is 5.56 Å². The highest BCUT2D eigenvalue weighted by molar-refractivity contribution is 5.53. The van der Waals surface area contributed by atoms with Gasteiger partial charge in [0.05, 0.1) is 0 Å². The second-order valence-electron chi connectivity index (χ2n) is 6.62. The topological polar surface area (TPSA) is 26.3 Å². The van der Waals surface area contributed by atoms with Crippen molar-refractivity contribution in [2.45, 2.75) is 65.2 Å². The highest BCUT2D eigenvalue weighted by atomic mass is 16.5. The van der Waals surface area contributed by atoms with Crippen molar-refractivity contribution in [3.8, 4) is 5.75 Å². The van der Waals surface area contributed by atoms with E-state index in [0.717, 1.165) is 18.6 Å². The summed E-state index contributed by atoms with van der Waals surface area (Å²) in [6, 6.07) is 6.35. The maximum atomic E-state index is 10.4. The van der Waals surface area contributed by atoms with Crippen LogP contribution in [0.1, 0.15) is 65.5 Å². The summed E-state index contributed by atoms with van der Waals surface area (Å²) in [4.78, 5) is 10.4. The first-order valence-corrected chi connectivity index (χ1v) is 7.41. The number of carbonyl (C=O) groups excluding carboxylic acids is 1. The zero-order chi connectivity index (χ0) is 15.4. The first kappa shape index (κ1) is 16.7. The second kappa shape index (κ2) is 6.43. The van der Waals surface area contributed by atoms with Gasteiger partial charge in [-0.25, -0.2) is 0 Å². The third-order valence-corrected chi connectivity index (χ3v) is 4.54. The number of hydrogen-bond acceptors (Lipinski definition) is 2. The van der Waals surface area contributed by atoms with Crippen LogP contribution in [0.2, 0.25) is 0 Å². The van der Waals surface area contributed by atoms with Crippen molar-refractivity contribution in [1.29, 1.82) is 0 Å². The van der Waals surface area contributed by atoms with Gasteiger partial charge in [-0.2, -0.15) is 0 Å². The van der Waals surface area contributed by atoms with Crippen LogP contribution in [0.3, 0.4) is 0 Å². The molecule has 0 fully saturated rings. The van der Waals surface area contributed by atoms with E-state index in [-0.39, 0.29) is 17.4 Å². The maximum Gasteiger partial charge on any atom is 0.239 e. The Hall–Kier alpha value is -1.31. The molecule has 0 bridgehead atoms. The summed E-state index contributed by atoms with van der Waals surface area (Å²) >= 11 is 0. The summed E-state index contributed by atoms with van der Waals surface area (Å²) in [5, 5.41) is 0. The lowest BCUT2D eigenvalue weighted by Gasteiger charge is -2.30. The van der Waals surface area contributed by atoms with Gasteiger partial charge in [0.15, 0.2) is 6.61 Å². The van der Waals surface area contributed by atoms with Gasteiger partial charge in [0.2, 0.25) is 6.29 Å². The van der Waals surface area contributed by atoms with Crippen molar-refractivity contribution in [3.05, 3.63) is 29.3 Å². The lowest BCUT2D eigenvalue weighted by atomic mass is 9.76. The number of rotatable bonds is 7. The zero-order valence-electron chi connectivity index (χ0n) is 13.7. The van der Waals surface area contributed by atoms with Crippen LogP contribution in [0.15, 0.2) is 18.2 Å². The van der Waals surface area contributed by atoms with Gasteiger partial charge in [-0.1, -0.05) is 53.7 Å². The molecule has 20 heavy (non-hydrogen) atoms. The van der Waals surface area contributed by atoms with Gasteiger partial charge >= 0.3 is 0 Å². The van der Waals surface area contributed by atoms with Gasteiger partial charge in [0.25, 0.3) is 0 Å². The molecule has 0 aromatic heterocycles. The Morgan fingerprint density at radius 2 is 1.65 bits per heavy atom. The molecule has 0 spiro atoms. The van der Waals surface area contributed by atoms with E-state index in [2.05, 4.69) is 53.7 Å². The molecule has 0 amide bonds. The summed E-state index contributed by atoms with van der Waals surface area (Å²) in [6.45, 7) is 13.3. The van der Waals surface area contributed by atoms with E-state index in [0.29, 0.717) is 0 Å². The highest BCUT2D eigenvalue weighted by Gasteiger charge is 2.26. The Morgan fingerprint density at radius 1 is 1.05 bits per heavy atom. The largest absolute Gasteiger partial charge is 0.485 e. The van der Waals surface area contributed by atoms with Crippen molar-refractivity contribution in [2.24, 2.45) is 0 Å². The average Bonchev–Trinajstić information content (AvgIpc) is 2.44. The molecule has 0 aliphatic heterocycles. The van der Waals surface area contributed by atoms with Crippen LogP contribution in [0.4, 0.5) is 0 Å². The van der Waals surface area contributed by atoms with Crippen molar-refractivity contribution < 1.29 is 9.53 Å². The van der Waals surface area contributed by atoms with E-state index in [1.54, 1.807) is 6.29 Å². The van der Waals surface area contributed by atoms with Crippen LogP contribution in [-0.2, 0) is 15.6 Å². The number of ether oxygens (including phenoxy) is 1. The molecule has 111 valence electrons. The Balaban J connectivity index is 3.32. The highest BCUT2D eigenvalue weighted by Crippen LogP contribution is 2.38. The first-order valence-electron chi connectivity index (χ1n) is 7.41. The Labute approximate surface area is 123 Å². The average molecular weight is 275 g/mol. The SMILES string of the molecule is CCC(C)(C)c1ccc(OC[C]=O)c(C(C)(C)CC)c1. The summed E-state index contributed by atoms with van der Waals surface area (Å²) in [7, 11) is 0. The molecule has 1 aromatic rings. The third-order valence-electron chi connectivity index (χ3n) is 4.54. The minimum atomic E-state index is -0.0106. The molecule has 0 N–H and O–H groups in total. The molecule has 0 saturated carbocycles. The predicted molar refractivity (Wildman–Crippen MR) is 84.3 cm³/mol. The first-order chi connectivity index (χ1) is 9.28. The lowest BCUT2D eigenvalue weighted by molar-refractivity contribution is 0.348. The molecule has 0 atom stereocenters. The smallest absolute Gasteiger partial charge is 0.239 e. The van der Waals surface area contributed by atoms with Gasteiger partial charge in [-0.3, -0.25) is 4.79 Å². The summed E-state index contributed by atoms with van der Waals surface area (Å²) in [5.74, 6) is 0.802. The minimum Gasteiger partial charge on any atom is -0.485 e. The molecule has 0 saturated heterocycles. The monoisotopic (exact) mass is 275 g/mol.